The van der Waals surface area contributed by atoms with Gasteiger partial charge in [-0.2, -0.15) is 4.98 Å². The molecular weight excluding hydrogens is 336 g/mol. The molecule has 1 aromatic heterocycles. The van der Waals surface area contributed by atoms with Crippen LogP contribution >= 0.6 is 0 Å². The van der Waals surface area contributed by atoms with E-state index in [1.165, 1.54) is 0 Å². The van der Waals surface area contributed by atoms with E-state index in [2.05, 4.69) is 14.8 Å². The molecule has 0 spiro atoms. The molecule has 2 aliphatic heterocycles. The number of nitrogens with zero attached hydrogens (tertiary/aromatic N) is 6. The van der Waals surface area contributed by atoms with Gasteiger partial charge in [-0.1, -0.05) is 0 Å². The van der Waals surface area contributed by atoms with E-state index >= 15 is 0 Å². The summed E-state index contributed by atoms with van der Waals surface area (Å²) in [6, 6.07) is 1.98. The standard InChI is InChI=1S/C17H26N6O3/c1-3-26-17(25)23-10-8-21(9-11-23)15-12-14(2)18-16(19-15)22-6-4-20(13-24)5-7-22/h12-13H,3-11H2,1-2H3. The third-order valence-electron chi connectivity index (χ3n) is 4.70. The summed E-state index contributed by atoms with van der Waals surface area (Å²) < 4.78 is 5.07. The van der Waals surface area contributed by atoms with Gasteiger partial charge >= 0.3 is 6.09 Å². The van der Waals surface area contributed by atoms with Crippen molar-refractivity contribution >= 4 is 24.3 Å². The number of carbonyl (C=O) groups excluding carboxylic acids is 2. The summed E-state index contributed by atoms with van der Waals surface area (Å²) in [6.07, 6.45) is 0.642. The Balaban J connectivity index is 1.65. The van der Waals surface area contributed by atoms with E-state index in [4.69, 9.17) is 9.72 Å². The predicted molar refractivity (Wildman–Crippen MR) is 97.4 cm³/mol. The van der Waals surface area contributed by atoms with E-state index < -0.39 is 0 Å². The zero-order valence-corrected chi connectivity index (χ0v) is 15.4. The van der Waals surface area contributed by atoms with Gasteiger partial charge in [-0.15, -0.1) is 0 Å². The van der Waals surface area contributed by atoms with Gasteiger partial charge in [0.1, 0.15) is 5.82 Å². The largest absolute Gasteiger partial charge is 0.450 e. The lowest BCUT2D eigenvalue weighted by molar-refractivity contribution is -0.118. The van der Waals surface area contributed by atoms with Crippen LogP contribution in [0.1, 0.15) is 12.6 Å². The van der Waals surface area contributed by atoms with Gasteiger partial charge in [0.2, 0.25) is 12.4 Å². The molecule has 0 saturated carbocycles. The summed E-state index contributed by atoms with van der Waals surface area (Å²) in [5, 5.41) is 0. The smallest absolute Gasteiger partial charge is 0.409 e. The van der Waals surface area contributed by atoms with Crippen molar-refractivity contribution in [2.24, 2.45) is 0 Å². The van der Waals surface area contributed by atoms with Crippen LogP contribution in [0.3, 0.4) is 0 Å². The Labute approximate surface area is 153 Å². The van der Waals surface area contributed by atoms with Crippen molar-refractivity contribution in [3.05, 3.63) is 11.8 Å². The highest BCUT2D eigenvalue weighted by Gasteiger charge is 2.24. The van der Waals surface area contributed by atoms with Crippen LogP contribution in [-0.4, -0.2) is 91.2 Å². The minimum absolute atomic E-state index is 0.250. The molecule has 0 atom stereocenters. The van der Waals surface area contributed by atoms with E-state index in [-0.39, 0.29) is 6.09 Å². The maximum absolute atomic E-state index is 11.8. The lowest BCUT2D eigenvalue weighted by Gasteiger charge is -2.36. The highest BCUT2D eigenvalue weighted by atomic mass is 16.6. The van der Waals surface area contributed by atoms with Crippen LogP contribution in [0.25, 0.3) is 0 Å². The summed E-state index contributed by atoms with van der Waals surface area (Å²) in [6.45, 7) is 9.69. The van der Waals surface area contributed by atoms with Crippen LogP contribution in [0.15, 0.2) is 6.07 Å². The molecular formula is C17H26N6O3. The third kappa shape index (κ3) is 4.14. The Morgan fingerprint density at radius 2 is 1.73 bits per heavy atom. The van der Waals surface area contributed by atoms with Crippen LogP contribution in [0.5, 0.6) is 0 Å². The van der Waals surface area contributed by atoms with Crippen LogP contribution in [0.4, 0.5) is 16.6 Å². The van der Waals surface area contributed by atoms with Gasteiger partial charge in [-0.3, -0.25) is 4.79 Å². The molecule has 2 aliphatic rings. The maximum atomic E-state index is 11.8. The van der Waals surface area contributed by atoms with Crippen LogP contribution in [-0.2, 0) is 9.53 Å². The summed E-state index contributed by atoms with van der Waals surface area (Å²) in [5.41, 5.74) is 0.913. The first-order chi connectivity index (χ1) is 12.6. The second kappa shape index (κ2) is 8.20. The van der Waals surface area contributed by atoms with Crippen molar-refractivity contribution in [2.75, 3.05) is 68.8 Å². The zero-order valence-electron chi connectivity index (χ0n) is 15.4. The molecule has 0 aliphatic carbocycles. The van der Waals surface area contributed by atoms with Crippen molar-refractivity contribution in [2.45, 2.75) is 13.8 Å². The van der Waals surface area contributed by atoms with Crippen molar-refractivity contribution in [1.82, 2.24) is 19.8 Å². The summed E-state index contributed by atoms with van der Waals surface area (Å²) in [5.74, 6) is 1.59. The van der Waals surface area contributed by atoms with E-state index in [0.29, 0.717) is 51.8 Å². The predicted octanol–water partition coefficient (Wildman–Crippen LogP) is 0.342. The van der Waals surface area contributed by atoms with Crippen molar-refractivity contribution in [1.29, 1.82) is 0 Å². The third-order valence-corrected chi connectivity index (χ3v) is 4.70. The first kappa shape index (κ1) is 18.2. The normalized spacial score (nSPS) is 18.1. The number of anilines is 2. The molecule has 9 heteroatoms. The van der Waals surface area contributed by atoms with Crippen molar-refractivity contribution in [3.63, 3.8) is 0 Å². The highest BCUT2D eigenvalue weighted by molar-refractivity contribution is 5.68. The number of aryl methyl sites for hydroxylation is 1. The molecule has 26 heavy (non-hydrogen) atoms. The molecule has 0 radical (unpaired) electrons. The van der Waals surface area contributed by atoms with E-state index in [0.717, 1.165) is 31.0 Å². The van der Waals surface area contributed by atoms with Crippen LogP contribution in [0.2, 0.25) is 0 Å². The van der Waals surface area contributed by atoms with E-state index in [9.17, 15) is 9.59 Å². The fraction of sp³-hybridized carbons (Fsp3) is 0.647. The SMILES string of the molecule is CCOC(=O)N1CCN(c2cc(C)nc(N3CCN(C=O)CC3)n2)CC1. The molecule has 0 unspecified atom stereocenters. The van der Waals surface area contributed by atoms with Crippen LogP contribution in [0, 0.1) is 6.92 Å². The Hall–Kier alpha value is -2.58. The minimum Gasteiger partial charge on any atom is -0.450 e. The highest BCUT2D eigenvalue weighted by Crippen LogP contribution is 2.20. The summed E-state index contributed by atoms with van der Waals surface area (Å²) >= 11 is 0. The molecule has 0 aromatic carbocycles. The number of rotatable bonds is 4. The number of amides is 2. The Kier molecular flexibility index (Phi) is 5.75. The first-order valence-electron chi connectivity index (χ1n) is 9.07. The number of aromatic nitrogens is 2. The lowest BCUT2D eigenvalue weighted by atomic mass is 10.3. The van der Waals surface area contributed by atoms with Gasteiger partial charge in [0.25, 0.3) is 0 Å². The number of piperazine rings is 2. The molecule has 3 heterocycles. The molecule has 2 amide bonds. The zero-order chi connectivity index (χ0) is 18.5. The van der Waals surface area contributed by atoms with E-state index in [1.54, 1.807) is 9.80 Å². The number of hydrogen-bond acceptors (Lipinski definition) is 7. The Morgan fingerprint density at radius 3 is 2.35 bits per heavy atom. The van der Waals surface area contributed by atoms with Gasteiger partial charge in [0.15, 0.2) is 0 Å². The van der Waals surface area contributed by atoms with Gasteiger partial charge in [0.05, 0.1) is 6.61 Å². The van der Waals surface area contributed by atoms with Crippen LogP contribution < -0.4 is 9.80 Å². The Bertz CT molecular complexity index is 639. The molecule has 2 fully saturated rings. The molecule has 142 valence electrons. The molecule has 0 N–H and O–H groups in total. The quantitative estimate of drug-likeness (QED) is 0.715. The van der Waals surface area contributed by atoms with Gasteiger partial charge in [-0.25, -0.2) is 9.78 Å². The Morgan fingerprint density at radius 1 is 1.08 bits per heavy atom. The van der Waals surface area contributed by atoms with Crippen molar-refractivity contribution < 1.29 is 14.3 Å². The van der Waals surface area contributed by atoms with Crippen molar-refractivity contribution in [3.8, 4) is 0 Å². The van der Waals surface area contributed by atoms with Gasteiger partial charge in [-0.05, 0) is 13.8 Å². The molecule has 1 aromatic rings. The molecule has 3 rings (SSSR count). The fourth-order valence-electron chi connectivity index (χ4n) is 3.20. The summed E-state index contributed by atoms with van der Waals surface area (Å²) in [4.78, 5) is 39.8. The average molecular weight is 362 g/mol. The maximum Gasteiger partial charge on any atom is 0.409 e. The monoisotopic (exact) mass is 362 g/mol. The number of ether oxygens (including phenoxy) is 1. The summed E-state index contributed by atoms with van der Waals surface area (Å²) in [7, 11) is 0. The second-order valence-corrected chi connectivity index (χ2v) is 6.47. The topological polar surface area (TPSA) is 82.1 Å². The molecule has 0 bridgehead atoms. The fourth-order valence-corrected chi connectivity index (χ4v) is 3.20. The van der Waals surface area contributed by atoms with Gasteiger partial charge < -0.3 is 24.3 Å². The molecule has 9 nitrogen and oxygen atoms in total. The second-order valence-electron chi connectivity index (χ2n) is 6.47. The minimum atomic E-state index is -0.250. The van der Waals surface area contributed by atoms with E-state index in [1.807, 2.05) is 19.9 Å². The first-order valence-corrected chi connectivity index (χ1v) is 9.07. The number of carbonyl (C=O) groups is 2. The average Bonchev–Trinajstić information content (AvgIpc) is 2.68. The molecule has 2 saturated heterocycles. The number of hydrogen-bond donors (Lipinski definition) is 0. The van der Waals surface area contributed by atoms with Gasteiger partial charge in [0, 0.05) is 64.1 Å². The lowest BCUT2D eigenvalue weighted by Crippen LogP contribution is -2.49.